The fourth-order valence-corrected chi connectivity index (χ4v) is 3.83. The fourth-order valence-electron chi connectivity index (χ4n) is 3.83. The number of rotatable bonds is 2. The van der Waals surface area contributed by atoms with E-state index in [1.165, 1.54) is 0 Å². The van der Waals surface area contributed by atoms with Gasteiger partial charge in [0.2, 0.25) is 0 Å². The lowest BCUT2D eigenvalue weighted by atomic mass is 9.84. The van der Waals surface area contributed by atoms with E-state index in [1.54, 1.807) is 6.92 Å². The van der Waals surface area contributed by atoms with Gasteiger partial charge in [0.1, 0.15) is 0 Å². The number of Topliss-reactive ketones (excluding diaryl/α,β-unsaturated/α-hetero) is 1. The quantitative estimate of drug-likeness (QED) is 0.786. The molecular formula is C16H24N2O3. The summed E-state index contributed by atoms with van der Waals surface area (Å²) in [6.07, 6.45) is 3.85. The van der Waals surface area contributed by atoms with E-state index in [0.29, 0.717) is 6.04 Å². The Balaban J connectivity index is 1.87. The third kappa shape index (κ3) is 2.64. The highest BCUT2D eigenvalue weighted by Crippen LogP contribution is 2.39. The van der Waals surface area contributed by atoms with Gasteiger partial charge in [-0.1, -0.05) is 0 Å². The van der Waals surface area contributed by atoms with Gasteiger partial charge in [-0.25, -0.2) is 0 Å². The van der Waals surface area contributed by atoms with E-state index in [-0.39, 0.29) is 11.4 Å². The van der Waals surface area contributed by atoms with Crippen LogP contribution in [0.5, 0.6) is 0 Å². The summed E-state index contributed by atoms with van der Waals surface area (Å²) in [6.45, 7) is 7.86. The molecule has 0 amide bonds. The second-order valence-corrected chi connectivity index (χ2v) is 6.34. The highest BCUT2D eigenvalue weighted by Gasteiger charge is 2.40. The number of hydrogen-bond donors (Lipinski definition) is 0. The van der Waals surface area contributed by atoms with E-state index in [1.807, 2.05) is 13.8 Å². The minimum Gasteiger partial charge on any atom is -0.381 e. The molecule has 0 saturated carbocycles. The van der Waals surface area contributed by atoms with Crippen molar-refractivity contribution in [1.29, 1.82) is 0 Å². The zero-order valence-corrected chi connectivity index (χ0v) is 13.1. The molecule has 0 radical (unpaired) electrons. The molecule has 1 aromatic heterocycles. The molecule has 1 unspecified atom stereocenters. The summed E-state index contributed by atoms with van der Waals surface area (Å²) < 4.78 is 13.6. The summed E-state index contributed by atoms with van der Waals surface area (Å²) >= 11 is 0. The van der Waals surface area contributed by atoms with E-state index >= 15 is 0 Å². The highest BCUT2D eigenvalue weighted by atomic mass is 16.5. The molecule has 0 bridgehead atoms. The second-order valence-electron chi connectivity index (χ2n) is 6.34. The molecule has 2 aliphatic heterocycles. The van der Waals surface area contributed by atoms with Crippen molar-refractivity contribution in [1.82, 2.24) is 9.78 Å². The lowest BCUT2D eigenvalue weighted by Crippen LogP contribution is -2.45. The SMILES string of the molecule is CC(=O)c1c(C)nn(C2CCOC3(CCOCC3)C2)c1C. The normalized spacial score (nSPS) is 25.2. The average molecular weight is 292 g/mol. The highest BCUT2D eigenvalue weighted by molar-refractivity contribution is 5.96. The van der Waals surface area contributed by atoms with E-state index in [9.17, 15) is 4.79 Å². The molecule has 2 aliphatic rings. The Morgan fingerprint density at radius 2 is 2.00 bits per heavy atom. The van der Waals surface area contributed by atoms with Gasteiger partial charge in [-0.3, -0.25) is 9.48 Å². The van der Waals surface area contributed by atoms with Gasteiger partial charge in [-0.15, -0.1) is 0 Å². The Bertz CT molecular complexity index is 538. The predicted octanol–water partition coefficient (Wildman–Crippen LogP) is 2.60. The summed E-state index contributed by atoms with van der Waals surface area (Å²) in [5.41, 5.74) is 2.56. The number of ketones is 1. The molecule has 21 heavy (non-hydrogen) atoms. The van der Waals surface area contributed by atoms with Crippen molar-refractivity contribution < 1.29 is 14.3 Å². The molecule has 0 N–H and O–H groups in total. The first-order valence-corrected chi connectivity index (χ1v) is 7.81. The average Bonchev–Trinajstić information content (AvgIpc) is 2.75. The summed E-state index contributed by atoms with van der Waals surface area (Å²) in [6, 6.07) is 0.323. The predicted molar refractivity (Wildman–Crippen MR) is 78.7 cm³/mol. The first-order valence-electron chi connectivity index (χ1n) is 7.81. The van der Waals surface area contributed by atoms with Crippen LogP contribution in [0.15, 0.2) is 0 Å². The molecule has 1 spiro atoms. The summed E-state index contributed by atoms with van der Waals surface area (Å²) in [5.74, 6) is 0.101. The number of aromatic nitrogens is 2. The third-order valence-electron chi connectivity index (χ3n) is 4.89. The monoisotopic (exact) mass is 292 g/mol. The molecule has 5 heteroatoms. The van der Waals surface area contributed by atoms with Crippen molar-refractivity contribution >= 4 is 5.78 Å². The fraction of sp³-hybridized carbons (Fsp3) is 0.750. The summed E-state index contributed by atoms with van der Waals surface area (Å²) in [4.78, 5) is 11.8. The maximum atomic E-state index is 11.8. The number of ether oxygens (including phenoxy) is 2. The Morgan fingerprint density at radius 3 is 2.62 bits per heavy atom. The number of carbonyl (C=O) groups excluding carboxylic acids is 1. The molecule has 3 rings (SSSR count). The Kier molecular flexibility index (Phi) is 3.88. The largest absolute Gasteiger partial charge is 0.381 e. The lowest BCUT2D eigenvalue weighted by molar-refractivity contribution is -0.145. The van der Waals surface area contributed by atoms with Gasteiger partial charge in [0.15, 0.2) is 5.78 Å². The number of aryl methyl sites for hydroxylation is 1. The summed E-state index contributed by atoms with van der Waals surface area (Å²) in [5, 5.41) is 4.64. The molecule has 1 atom stereocenters. The van der Waals surface area contributed by atoms with Crippen molar-refractivity contribution in [3.05, 3.63) is 17.0 Å². The van der Waals surface area contributed by atoms with Gasteiger partial charge in [0, 0.05) is 25.5 Å². The van der Waals surface area contributed by atoms with Gasteiger partial charge < -0.3 is 9.47 Å². The zero-order valence-electron chi connectivity index (χ0n) is 13.1. The number of carbonyl (C=O) groups is 1. The van der Waals surface area contributed by atoms with Crippen LogP contribution in [0.1, 0.15) is 60.4 Å². The third-order valence-corrected chi connectivity index (χ3v) is 4.89. The van der Waals surface area contributed by atoms with Crippen molar-refractivity contribution in [3.8, 4) is 0 Å². The van der Waals surface area contributed by atoms with Gasteiger partial charge in [0.05, 0.1) is 22.9 Å². The van der Waals surface area contributed by atoms with Crippen LogP contribution in [0.25, 0.3) is 0 Å². The van der Waals surface area contributed by atoms with E-state index < -0.39 is 0 Å². The molecule has 1 aromatic rings. The zero-order chi connectivity index (χ0) is 15.0. The molecule has 0 aromatic carbocycles. The number of nitrogens with zero attached hydrogens (tertiary/aromatic N) is 2. The van der Waals surface area contributed by atoms with Crippen molar-refractivity contribution in [2.75, 3.05) is 19.8 Å². The molecule has 2 fully saturated rings. The van der Waals surface area contributed by atoms with E-state index in [0.717, 1.165) is 62.5 Å². The first kappa shape index (κ1) is 14.7. The van der Waals surface area contributed by atoms with Gasteiger partial charge >= 0.3 is 0 Å². The maximum Gasteiger partial charge on any atom is 0.163 e. The van der Waals surface area contributed by atoms with Crippen LogP contribution in [0, 0.1) is 13.8 Å². The Morgan fingerprint density at radius 1 is 1.29 bits per heavy atom. The van der Waals surface area contributed by atoms with Gasteiger partial charge in [0.25, 0.3) is 0 Å². The minimum atomic E-state index is -0.0517. The maximum absolute atomic E-state index is 11.8. The standard InChI is InChI=1S/C16H24N2O3/c1-11-15(13(3)19)12(2)18(17-11)14-4-7-21-16(10-14)5-8-20-9-6-16/h14H,4-10H2,1-3H3. The molecular weight excluding hydrogens is 268 g/mol. The van der Waals surface area contributed by atoms with Crippen molar-refractivity contribution in [2.24, 2.45) is 0 Å². The molecule has 0 aliphatic carbocycles. The van der Waals surface area contributed by atoms with Crippen LogP contribution >= 0.6 is 0 Å². The van der Waals surface area contributed by atoms with Crippen LogP contribution in [0.2, 0.25) is 0 Å². The number of hydrogen-bond acceptors (Lipinski definition) is 4. The van der Waals surface area contributed by atoms with Crippen LogP contribution < -0.4 is 0 Å². The van der Waals surface area contributed by atoms with E-state index in [4.69, 9.17) is 9.47 Å². The first-order chi connectivity index (χ1) is 10.0. The van der Waals surface area contributed by atoms with Crippen LogP contribution in [0.3, 0.4) is 0 Å². The van der Waals surface area contributed by atoms with Gasteiger partial charge in [-0.2, -0.15) is 5.10 Å². The Hall–Kier alpha value is -1.20. The Labute approximate surface area is 125 Å². The lowest BCUT2D eigenvalue weighted by Gasteiger charge is -2.43. The minimum absolute atomic E-state index is 0.0517. The molecule has 3 heterocycles. The molecule has 116 valence electrons. The van der Waals surface area contributed by atoms with Crippen LogP contribution in [-0.4, -0.2) is 41.0 Å². The smallest absolute Gasteiger partial charge is 0.163 e. The van der Waals surface area contributed by atoms with Crippen LogP contribution in [-0.2, 0) is 9.47 Å². The second kappa shape index (κ2) is 5.54. The van der Waals surface area contributed by atoms with Crippen molar-refractivity contribution in [2.45, 2.75) is 58.1 Å². The molecule has 5 nitrogen and oxygen atoms in total. The summed E-state index contributed by atoms with van der Waals surface area (Å²) in [7, 11) is 0. The topological polar surface area (TPSA) is 53.4 Å². The molecule has 2 saturated heterocycles. The van der Waals surface area contributed by atoms with E-state index in [2.05, 4.69) is 9.78 Å². The van der Waals surface area contributed by atoms with Gasteiger partial charge in [-0.05, 0) is 46.5 Å². The van der Waals surface area contributed by atoms with Crippen molar-refractivity contribution in [3.63, 3.8) is 0 Å². The van der Waals surface area contributed by atoms with Crippen LogP contribution in [0.4, 0.5) is 0 Å².